The number of hydrogen-bond acceptors (Lipinski definition) is 6. The van der Waals surface area contributed by atoms with Crippen molar-refractivity contribution < 1.29 is 29.2 Å². The van der Waals surface area contributed by atoms with Gasteiger partial charge in [-0.05, 0) is 13.8 Å². The highest BCUT2D eigenvalue weighted by molar-refractivity contribution is 5.77. The van der Waals surface area contributed by atoms with E-state index in [1.54, 1.807) is 13.8 Å². The molecule has 4 atom stereocenters. The molecule has 7 nitrogen and oxygen atoms in total. The van der Waals surface area contributed by atoms with E-state index in [0.29, 0.717) is 0 Å². The SMILES string of the molecule is CC1(C)O[C@H]2[C@H](O)[C@H](CN)O[C@@]2(C(=O)O)O1. The van der Waals surface area contributed by atoms with Gasteiger partial charge >= 0.3 is 11.8 Å². The number of carboxylic acid groups (broad SMARTS) is 1. The number of carboxylic acids is 1. The molecule has 2 saturated heterocycles. The van der Waals surface area contributed by atoms with Gasteiger partial charge < -0.3 is 30.2 Å². The highest BCUT2D eigenvalue weighted by Gasteiger charge is 2.69. The second kappa shape index (κ2) is 3.38. The van der Waals surface area contributed by atoms with E-state index in [2.05, 4.69) is 0 Å². The van der Waals surface area contributed by atoms with Crippen LogP contribution < -0.4 is 5.73 Å². The van der Waals surface area contributed by atoms with Gasteiger partial charge in [0, 0.05) is 6.54 Å². The lowest BCUT2D eigenvalue weighted by atomic mass is 10.1. The first-order chi connectivity index (χ1) is 7.32. The minimum atomic E-state index is -1.95. The van der Waals surface area contributed by atoms with Crippen LogP contribution in [0.4, 0.5) is 0 Å². The molecule has 0 saturated carbocycles. The summed E-state index contributed by atoms with van der Waals surface area (Å²) < 4.78 is 15.8. The first-order valence-electron chi connectivity index (χ1n) is 5.00. The summed E-state index contributed by atoms with van der Waals surface area (Å²) in [6.45, 7) is 3.12. The van der Waals surface area contributed by atoms with E-state index in [4.69, 9.17) is 25.1 Å². The summed E-state index contributed by atoms with van der Waals surface area (Å²) in [5.74, 6) is -4.38. The summed E-state index contributed by atoms with van der Waals surface area (Å²) in [5.41, 5.74) is 5.37. The third-order valence-corrected chi connectivity index (χ3v) is 2.73. The summed E-state index contributed by atoms with van der Waals surface area (Å²) >= 11 is 0. The molecule has 4 N–H and O–H groups in total. The van der Waals surface area contributed by atoms with Crippen LogP contribution in [0.15, 0.2) is 0 Å². The number of carbonyl (C=O) groups is 1. The van der Waals surface area contributed by atoms with Crippen molar-refractivity contribution in [1.82, 2.24) is 0 Å². The fourth-order valence-electron chi connectivity index (χ4n) is 2.11. The second-order valence-corrected chi connectivity index (χ2v) is 4.40. The van der Waals surface area contributed by atoms with E-state index < -0.39 is 35.9 Å². The lowest BCUT2D eigenvalue weighted by Crippen LogP contribution is -2.48. The smallest absolute Gasteiger partial charge is 0.367 e. The zero-order chi connectivity index (χ0) is 12.1. The highest BCUT2D eigenvalue weighted by Crippen LogP contribution is 2.45. The average molecular weight is 233 g/mol. The van der Waals surface area contributed by atoms with Crippen LogP contribution in [0, 0.1) is 0 Å². The van der Waals surface area contributed by atoms with Gasteiger partial charge in [0.1, 0.15) is 12.2 Å². The summed E-state index contributed by atoms with van der Waals surface area (Å²) in [4.78, 5) is 11.2. The highest BCUT2D eigenvalue weighted by atomic mass is 16.9. The van der Waals surface area contributed by atoms with Crippen molar-refractivity contribution in [3.8, 4) is 0 Å². The van der Waals surface area contributed by atoms with Crippen molar-refractivity contribution in [3.05, 3.63) is 0 Å². The van der Waals surface area contributed by atoms with Gasteiger partial charge in [-0.3, -0.25) is 0 Å². The molecule has 0 aromatic heterocycles. The standard InChI is InChI=1S/C9H15NO6/c1-8(2)15-6-5(11)4(3-10)14-9(6,16-8)7(12)13/h4-6,11H,3,10H2,1-2H3,(H,12,13)/t4-,5+,6-,9+/m0/s1. The number of nitrogens with two attached hydrogens (primary N) is 1. The van der Waals surface area contributed by atoms with Gasteiger partial charge in [-0.1, -0.05) is 0 Å². The minimum Gasteiger partial charge on any atom is -0.477 e. The lowest BCUT2D eigenvalue weighted by molar-refractivity contribution is -0.262. The van der Waals surface area contributed by atoms with Crippen molar-refractivity contribution in [1.29, 1.82) is 0 Å². The van der Waals surface area contributed by atoms with Crippen LogP contribution in [0.3, 0.4) is 0 Å². The summed E-state index contributed by atoms with van der Waals surface area (Å²) in [5, 5.41) is 19.0. The van der Waals surface area contributed by atoms with Crippen LogP contribution in [0.2, 0.25) is 0 Å². The topological polar surface area (TPSA) is 111 Å². The van der Waals surface area contributed by atoms with E-state index in [-0.39, 0.29) is 6.54 Å². The molecule has 0 aliphatic carbocycles. The molecule has 0 radical (unpaired) electrons. The van der Waals surface area contributed by atoms with Crippen molar-refractivity contribution in [2.75, 3.05) is 6.54 Å². The van der Waals surface area contributed by atoms with E-state index in [1.165, 1.54) is 0 Å². The number of aliphatic carboxylic acids is 1. The molecular weight excluding hydrogens is 218 g/mol. The molecule has 0 amide bonds. The Morgan fingerprint density at radius 1 is 1.44 bits per heavy atom. The zero-order valence-corrected chi connectivity index (χ0v) is 9.04. The molecule has 0 aromatic carbocycles. The van der Waals surface area contributed by atoms with Gasteiger partial charge in [0.2, 0.25) is 0 Å². The van der Waals surface area contributed by atoms with Crippen molar-refractivity contribution >= 4 is 5.97 Å². The first-order valence-corrected chi connectivity index (χ1v) is 5.00. The largest absolute Gasteiger partial charge is 0.477 e. The van der Waals surface area contributed by atoms with E-state index >= 15 is 0 Å². The number of fused-ring (bicyclic) bond motifs is 1. The Kier molecular flexibility index (Phi) is 2.48. The molecule has 2 fully saturated rings. The fourth-order valence-corrected chi connectivity index (χ4v) is 2.11. The van der Waals surface area contributed by atoms with E-state index in [0.717, 1.165) is 0 Å². The number of rotatable bonds is 2. The van der Waals surface area contributed by atoms with Crippen LogP contribution in [0.25, 0.3) is 0 Å². The van der Waals surface area contributed by atoms with Crippen molar-refractivity contribution in [3.63, 3.8) is 0 Å². The van der Waals surface area contributed by atoms with Crippen molar-refractivity contribution in [2.24, 2.45) is 5.73 Å². The third-order valence-electron chi connectivity index (χ3n) is 2.73. The Morgan fingerprint density at radius 2 is 2.06 bits per heavy atom. The predicted octanol–water partition coefficient (Wildman–Crippen LogP) is -1.36. The molecule has 0 bridgehead atoms. The molecule has 0 spiro atoms. The van der Waals surface area contributed by atoms with Gasteiger partial charge in [0.15, 0.2) is 11.9 Å². The molecule has 16 heavy (non-hydrogen) atoms. The second-order valence-electron chi connectivity index (χ2n) is 4.40. The number of ether oxygens (including phenoxy) is 3. The number of hydrogen-bond donors (Lipinski definition) is 3. The van der Waals surface area contributed by atoms with Crippen molar-refractivity contribution in [2.45, 2.75) is 43.7 Å². The Hall–Kier alpha value is -0.730. The maximum Gasteiger partial charge on any atom is 0.367 e. The zero-order valence-electron chi connectivity index (χ0n) is 9.04. The minimum absolute atomic E-state index is 0.000154. The predicted molar refractivity (Wildman–Crippen MR) is 50.3 cm³/mol. The molecule has 2 aliphatic heterocycles. The Balaban J connectivity index is 2.34. The molecule has 0 unspecified atom stereocenters. The number of aliphatic hydroxyl groups is 1. The molecule has 2 heterocycles. The molecule has 92 valence electrons. The Bertz CT molecular complexity index is 319. The Morgan fingerprint density at radius 3 is 2.50 bits per heavy atom. The molecule has 2 rings (SSSR count). The fraction of sp³-hybridized carbons (Fsp3) is 0.889. The number of aliphatic hydroxyl groups excluding tert-OH is 1. The van der Waals surface area contributed by atoms with Gasteiger partial charge in [0.25, 0.3) is 0 Å². The summed E-state index contributed by atoms with van der Waals surface area (Å²) in [7, 11) is 0. The summed E-state index contributed by atoms with van der Waals surface area (Å²) in [6, 6.07) is 0. The van der Waals surface area contributed by atoms with E-state index in [9.17, 15) is 9.90 Å². The monoisotopic (exact) mass is 233 g/mol. The maximum absolute atomic E-state index is 11.2. The Labute approximate surface area is 92.1 Å². The molecule has 7 heteroatoms. The van der Waals surface area contributed by atoms with Crippen LogP contribution in [0.5, 0.6) is 0 Å². The van der Waals surface area contributed by atoms with Crippen LogP contribution >= 0.6 is 0 Å². The van der Waals surface area contributed by atoms with Crippen LogP contribution in [0.1, 0.15) is 13.8 Å². The normalized spacial score (nSPS) is 45.6. The maximum atomic E-state index is 11.2. The quantitative estimate of drug-likeness (QED) is 0.540. The van der Waals surface area contributed by atoms with Crippen LogP contribution in [-0.2, 0) is 19.0 Å². The van der Waals surface area contributed by atoms with Gasteiger partial charge in [-0.25, -0.2) is 4.79 Å². The van der Waals surface area contributed by atoms with Gasteiger partial charge in [-0.15, -0.1) is 0 Å². The third kappa shape index (κ3) is 1.44. The molecule has 2 aliphatic rings. The molecular formula is C9H15NO6. The van der Waals surface area contributed by atoms with E-state index in [1.807, 2.05) is 0 Å². The molecule has 0 aromatic rings. The van der Waals surface area contributed by atoms with Crippen LogP contribution in [-0.4, -0.2) is 52.6 Å². The summed E-state index contributed by atoms with van der Waals surface area (Å²) in [6.07, 6.45) is -2.96. The van der Waals surface area contributed by atoms with Gasteiger partial charge in [0.05, 0.1) is 0 Å². The van der Waals surface area contributed by atoms with Gasteiger partial charge in [-0.2, -0.15) is 0 Å². The first kappa shape index (κ1) is 11.7. The lowest BCUT2D eigenvalue weighted by Gasteiger charge is -2.24. The average Bonchev–Trinajstić information content (AvgIpc) is 2.58.